The van der Waals surface area contributed by atoms with Gasteiger partial charge in [0.25, 0.3) is 0 Å². The van der Waals surface area contributed by atoms with Crippen LogP contribution >= 0.6 is 0 Å². The number of nitriles is 1. The van der Waals surface area contributed by atoms with Gasteiger partial charge in [-0.3, -0.25) is 0 Å². The second kappa shape index (κ2) is 3.97. The first-order valence-corrected chi connectivity index (χ1v) is 4.43. The van der Waals surface area contributed by atoms with E-state index < -0.39 is 0 Å². The van der Waals surface area contributed by atoms with Crippen LogP contribution < -0.4 is 4.90 Å². The predicted octanol–water partition coefficient (Wildman–Crippen LogP) is 2.66. The van der Waals surface area contributed by atoms with Gasteiger partial charge in [-0.25, -0.2) is 0 Å². The number of rotatable bonds is 2. The van der Waals surface area contributed by atoms with Gasteiger partial charge in [-0.15, -0.1) is 0 Å². The number of hydrogen-bond acceptors (Lipinski definition) is 2. The van der Waals surface area contributed by atoms with E-state index in [1.165, 1.54) is 0 Å². The largest absolute Gasteiger partial charge is 0.377 e. The molecule has 0 spiro atoms. The Balaban J connectivity index is 3.27. The number of hydrogen-bond donors (Lipinski definition) is 0. The molecule has 0 fully saturated rings. The summed E-state index contributed by atoms with van der Waals surface area (Å²) in [7, 11) is 3.85. The second-order valence-electron chi connectivity index (χ2n) is 3.52. The Morgan fingerprint density at radius 3 is 2.50 bits per heavy atom. The van der Waals surface area contributed by atoms with E-state index in [0.717, 1.165) is 16.8 Å². The summed E-state index contributed by atoms with van der Waals surface area (Å²) in [4.78, 5) is 1.93. The zero-order chi connectivity index (χ0) is 10.7. The molecule has 0 radical (unpaired) electrons. The van der Waals surface area contributed by atoms with E-state index in [2.05, 4.69) is 12.6 Å². The van der Waals surface area contributed by atoms with Gasteiger partial charge in [0.05, 0.1) is 11.3 Å². The summed E-state index contributed by atoms with van der Waals surface area (Å²) < 4.78 is 0. The van der Waals surface area contributed by atoms with Crippen LogP contribution in [0.3, 0.4) is 0 Å². The predicted molar refractivity (Wildman–Crippen MR) is 60.2 cm³/mol. The van der Waals surface area contributed by atoms with Gasteiger partial charge in [-0.05, 0) is 24.6 Å². The average molecular weight is 186 g/mol. The highest BCUT2D eigenvalue weighted by molar-refractivity contribution is 5.68. The van der Waals surface area contributed by atoms with Gasteiger partial charge in [0, 0.05) is 14.1 Å². The highest BCUT2D eigenvalue weighted by atomic mass is 15.1. The van der Waals surface area contributed by atoms with Crippen molar-refractivity contribution in [1.29, 1.82) is 5.26 Å². The van der Waals surface area contributed by atoms with Crippen LogP contribution in [0.2, 0.25) is 0 Å². The molecule has 14 heavy (non-hydrogen) atoms. The Morgan fingerprint density at radius 1 is 1.43 bits per heavy atom. The number of anilines is 1. The van der Waals surface area contributed by atoms with Gasteiger partial charge in [-0.2, -0.15) is 5.26 Å². The van der Waals surface area contributed by atoms with Gasteiger partial charge in [0.15, 0.2) is 0 Å². The molecule has 0 aromatic heterocycles. The van der Waals surface area contributed by atoms with E-state index in [1.807, 2.05) is 44.1 Å². The van der Waals surface area contributed by atoms with Crippen molar-refractivity contribution in [3.8, 4) is 6.07 Å². The molecule has 0 amide bonds. The first kappa shape index (κ1) is 10.3. The molecule has 0 bridgehead atoms. The fourth-order valence-corrected chi connectivity index (χ4v) is 1.28. The van der Waals surface area contributed by atoms with Crippen LogP contribution in [0.5, 0.6) is 0 Å². The number of benzene rings is 1. The van der Waals surface area contributed by atoms with Gasteiger partial charge in [-0.1, -0.05) is 18.2 Å². The van der Waals surface area contributed by atoms with Crippen molar-refractivity contribution in [1.82, 2.24) is 0 Å². The van der Waals surface area contributed by atoms with E-state index in [-0.39, 0.29) is 0 Å². The minimum atomic E-state index is 0.690. The highest BCUT2D eigenvalue weighted by Gasteiger charge is 2.05. The molecule has 0 saturated heterocycles. The SMILES string of the molecule is C=C(C)c1ccc(N(C)C)c(C#N)c1. The smallest absolute Gasteiger partial charge is 0.101 e. The lowest BCUT2D eigenvalue weighted by Crippen LogP contribution is -2.10. The standard InChI is InChI=1S/C12H14N2/c1-9(2)10-5-6-12(14(3)4)11(7-10)8-13/h5-7H,1H2,2-4H3. The van der Waals surface area contributed by atoms with Crippen LogP contribution in [0.25, 0.3) is 5.57 Å². The molecule has 0 aliphatic carbocycles. The molecule has 0 saturated carbocycles. The molecule has 2 heteroatoms. The summed E-state index contributed by atoms with van der Waals surface area (Å²) in [5.41, 5.74) is 3.63. The quantitative estimate of drug-likeness (QED) is 0.710. The molecule has 0 aliphatic heterocycles. The van der Waals surface area contributed by atoms with Crippen LogP contribution in [-0.2, 0) is 0 Å². The summed E-state index contributed by atoms with van der Waals surface area (Å²) in [5, 5.41) is 8.97. The van der Waals surface area contributed by atoms with Crippen LogP contribution in [-0.4, -0.2) is 14.1 Å². The lowest BCUT2D eigenvalue weighted by Gasteiger charge is -2.14. The summed E-state index contributed by atoms with van der Waals surface area (Å²) >= 11 is 0. The summed E-state index contributed by atoms with van der Waals surface area (Å²) in [5.74, 6) is 0. The second-order valence-corrected chi connectivity index (χ2v) is 3.52. The van der Waals surface area contributed by atoms with Crippen LogP contribution in [0.4, 0.5) is 5.69 Å². The molecule has 72 valence electrons. The normalized spacial score (nSPS) is 9.29. The Kier molecular flexibility index (Phi) is 2.93. The maximum atomic E-state index is 8.97. The Bertz CT molecular complexity index is 397. The monoisotopic (exact) mass is 186 g/mol. The molecule has 1 aromatic rings. The number of allylic oxidation sites excluding steroid dienone is 1. The molecular weight excluding hydrogens is 172 g/mol. The lowest BCUT2D eigenvalue weighted by molar-refractivity contribution is 1.12. The third-order valence-electron chi connectivity index (χ3n) is 2.09. The van der Waals surface area contributed by atoms with Gasteiger partial charge in [0.2, 0.25) is 0 Å². The minimum Gasteiger partial charge on any atom is -0.377 e. The van der Waals surface area contributed by atoms with Crippen molar-refractivity contribution < 1.29 is 0 Å². The van der Waals surface area contributed by atoms with Crippen molar-refractivity contribution in [2.45, 2.75) is 6.92 Å². The molecule has 2 nitrogen and oxygen atoms in total. The van der Waals surface area contributed by atoms with E-state index >= 15 is 0 Å². The Hall–Kier alpha value is -1.75. The van der Waals surface area contributed by atoms with Gasteiger partial charge in [0.1, 0.15) is 6.07 Å². The van der Waals surface area contributed by atoms with Crippen molar-refractivity contribution in [2.24, 2.45) is 0 Å². The van der Waals surface area contributed by atoms with Crippen LogP contribution in [0, 0.1) is 11.3 Å². The molecular formula is C12H14N2. The zero-order valence-electron chi connectivity index (χ0n) is 8.83. The van der Waals surface area contributed by atoms with E-state index in [4.69, 9.17) is 5.26 Å². The van der Waals surface area contributed by atoms with E-state index in [0.29, 0.717) is 5.56 Å². The lowest BCUT2D eigenvalue weighted by atomic mass is 10.0. The topological polar surface area (TPSA) is 27.0 Å². The Labute approximate surface area is 85.1 Å². The molecule has 0 unspecified atom stereocenters. The van der Waals surface area contributed by atoms with Crippen molar-refractivity contribution in [2.75, 3.05) is 19.0 Å². The maximum absolute atomic E-state index is 8.97. The van der Waals surface area contributed by atoms with Gasteiger partial charge >= 0.3 is 0 Å². The molecule has 1 rings (SSSR count). The molecule has 0 N–H and O–H groups in total. The molecule has 1 aromatic carbocycles. The molecule has 0 atom stereocenters. The highest BCUT2D eigenvalue weighted by Crippen LogP contribution is 2.22. The third kappa shape index (κ3) is 1.94. The first-order valence-electron chi connectivity index (χ1n) is 4.43. The van der Waals surface area contributed by atoms with E-state index in [9.17, 15) is 0 Å². The van der Waals surface area contributed by atoms with Crippen molar-refractivity contribution in [3.05, 3.63) is 35.9 Å². The summed E-state index contributed by atoms with van der Waals surface area (Å²) in [6, 6.07) is 7.99. The molecule has 0 heterocycles. The third-order valence-corrected chi connectivity index (χ3v) is 2.09. The van der Waals surface area contributed by atoms with Crippen LogP contribution in [0.1, 0.15) is 18.1 Å². The Morgan fingerprint density at radius 2 is 2.07 bits per heavy atom. The van der Waals surface area contributed by atoms with Crippen LogP contribution in [0.15, 0.2) is 24.8 Å². The van der Waals surface area contributed by atoms with E-state index in [1.54, 1.807) is 0 Å². The van der Waals surface area contributed by atoms with Crippen molar-refractivity contribution >= 4 is 11.3 Å². The average Bonchev–Trinajstić information content (AvgIpc) is 2.16. The van der Waals surface area contributed by atoms with Crippen molar-refractivity contribution in [3.63, 3.8) is 0 Å². The summed E-state index contributed by atoms with van der Waals surface area (Å²) in [6.07, 6.45) is 0. The maximum Gasteiger partial charge on any atom is 0.101 e. The van der Waals surface area contributed by atoms with Gasteiger partial charge < -0.3 is 4.90 Å². The molecule has 0 aliphatic rings. The zero-order valence-corrected chi connectivity index (χ0v) is 8.83. The number of nitrogens with zero attached hydrogens (tertiary/aromatic N) is 2. The first-order chi connectivity index (χ1) is 6.56. The fourth-order valence-electron chi connectivity index (χ4n) is 1.28. The minimum absolute atomic E-state index is 0.690. The summed E-state index contributed by atoms with van der Waals surface area (Å²) in [6.45, 7) is 5.79. The fraction of sp³-hybridized carbons (Fsp3) is 0.250.